The van der Waals surface area contributed by atoms with Crippen LogP contribution < -0.4 is 0 Å². The van der Waals surface area contributed by atoms with Gasteiger partial charge in [0.1, 0.15) is 0 Å². The lowest BCUT2D eigenvalue weighted by molar-refractivity contribution is 0.560. The summed E-state index contributed by atoms with van der Waals surface area (Å²) in [6.07, 6.45) is 2.42. The lowest BCUT2D eigenvalue weighted by Gasteiger charge is -2.07. The van der Waals surface area contributed by atoms with Crippen LogP contribution >= 0.6 is 12.6 Å². The van der Waals surface area contributed by atoms with E-state index >= 15 is 0 Å². The van der Waals surface area contributed by atoms with Crippen LogP contribution in [-0.4, -0.2) is 0 Å². The van der Waals surface area contributed by atoms with Crippen LogP contribution in [0.5, 0.6) is 0 Å². The summed E-state index contributed by atoms with van der Waals surface area (Å²) in [6.45, 7) is 4.51. The van der Waals surface area contributed by atoms with Crippen molar-refractivity contribution in [2.75, 3.05) is 0 Å². The van der Waals surface area contributed by atoms with Gasteiger partial charge in [0, 0.05) is 4.90 Å². The molecule has 1 aromatic carbocycles. The van der Waals surface area contributed by atoms with E-state index in [4.69, 9.17) is 0 Å². The average molecular weight is 180 g/mol. The zero-order valence-corrected chi connectivity index (χ0v) is 8.64. The van der Waals surface area contributed by atoms with Crippen molar-refractivity contribution in [2.24, 2.45) is 5.92 Å². The first-order chi connectivity index (χ1) is 5.72. The van der Waals surface area contributed by atoms with Crippen LogP contribution in [0.25, 0.3) is 0 Å². The Bertz CT molecular complexity index is 243. The molecule has 0 saturated heterocycles. The normalized spacial score (nSPS) is 12.9. The minimum atomic E-state index is 0.778. The molecule has 0 aromatic heterocycles. The highest BCUT2D eigenvalue weighted by Crippen LogP contribution is 2.14. The van der Waals surface area contributed by atoms with Crippen LogP contribution in [0.1, 0.15) is 25.8 Å². The first-order valence-electron chi connectivity index (χ1n) is 4.50. The van der Waals surface area contributed by atoms with Gasteiger partial charge in [-0.1, -0.05) is 32.4 Å². The molecule has 0 aliphatic carbocycles. The molecule has 1 unspecified atom stereocenters. The quantitative estimate of drug-likeness (QED) is 0.675. The number of hydrogen-bond donors (Lipinski definition) is 1. The second-order valence-corrected chi connectivity index (χ2v) is 3.90. The van der Waals surface area contributed by atoms with Gasteiger partial charge < -0.3 is 0 Å². The highest BCUT2D eigenvalue weighted by Gasteiger charge is 2.00. The predicted octanol–water partition coefficient (Wildman–Crippen LogP) is 3.56. The maximum Gasteiger partial charge on any atom is 0.00427 e. The Morgan fingerprint density at radius 2 is 2.17 bits per heavy atom. The van der Waals surface area contributed by atoms with E-state index in [1.165, 1.54) is 18.4 Å². The lowest BCUT2D eigenvalue weighted by Crippen LogP contribution is -1.97. The van der Waals surface area contributed by atoms with Gasteiger partial charge >= 0.3 is 0 Å². The minimum absolute atomic E-state index is 0.778. The molecule has 1 rings (SSSR count). The molecule has 0 aliphatic heterocycles. The molecule has 0 heterocycles. The summed E-state index contributed by atoms with van der Waals surface area (Å²) in [4.78, 5) is 1.07. The summed E-state index contributed by atoms with van der Waals surface area (Å²) in [7, 11) is 0. The number of benzene rings is 1. The molecular weight excluding hydrogens is 164 g/mol. The highest BCUT2D eigenvalue weighted by molar-refractivity contribution is 7.80. The molecule has 0 N–H and O–H groups in total. The van der Waals surface area contributed by atoms with Gasteiger partial charge in [0.25, 0.3) is 0 Å². The van der Waals surface area contributed by atoms with Crippen molar-refractivity contribution in [3.63, 3.8) is 0 Å². The van der Waals surface area contributed by atoms with Gasteiger partial charge in [-0.3, -0.25) is 0 Å². The fourth-order valence-corrected chi connectivity index (χ4v) is 1.48. The van der Waals surface area contributed by atoms with E-state index in [0.29, 0.717) is 0 Å². The molecule has 1 heteroatoms. The van der Waals surface area contributed by atoms with Crippen molar-refractivity contribution >= 4 is 12.6 Å². The van der Waals surface area contributed by atoms with Crippen molar-refractivity contribution in [1.29, 1.82) is 0 Å². The van der Waals surface area contributed by atoms with Crippen molar-refractivity contribution < 1.29 is 0 Å². The summed E-state index contributed by atoms with van der Waals surface area (Å²) in [5.74, 6) is 0.778. The second-order valence-electron chi connectivity index (χ2n) is 3.39. The second kappa shape index (κ2) is 4.56. The van der Waals surface area contributed by atoms with Crippen molar-refractivity contribution in [1.82, 2.24) is 0 Å². The van der Waals surface area contributed by atoms with Crippen LogP contribution in [0.3, 0.4) is 0 Å². The molecule has 0 radical (unpaired) electrons. The first-order valence-corrected chi connectivity index (χ1v) is 4.95. The standard InChI is InChI=1S/C11H16S/c1-3-9(2)7-10-5-4-6-11(12)8-10/h4-6,8-9,12H,3,7H2,1-2H3. The average Bonchev–Trinajstić information content (AvgIpc) is 2.04. The van der Waals surface area contributed by atoms with Gasteiger partial charge in [0.15, 0.2) is 0 Å². The molecule has 0 bridgehead atoms. The summed E-state index contributed by atoms with van der Waals surface area (Å²) < 4.78 is 0. The van der Waals surface area contributed by atoms with Crippen LogP contribution in [-0.2, 0) is 6.42 Å². The molecule has 0 fully saturated rings. The van der Waals surface area contributed by atoms with Gasteiger partial charge in [0.2, 0.25) is 0 Å². The molecule has 0 amide bonds. The van der Waals surface area contributed by atoms with Crippen molar-refractivity contribution in [2.45, 2.75) is 31.6 Å². The van der Waals surface area contributed by atoms with Gasteiger partial charge in [0.05, 0.1) is 0 Å². The Morgan fingerprint density at radius 3 is 2.75 bits per heavy atom. The Labute approximate surface area is 80.4 Å². The van der Waals surface area contributed by atoms with E-state index < -0.39 is 0 Å². The van der Waals surface area contributed by atoms with Crippen LogP contribution in [0, 0.1) is 5.92 Å². The third kappa shape index (κ3) is 2.90. The van der Waals surface area contributed by atoms with Crippen LogP contribution in [0.4, 0.5) is 0 Å². The van der Waals surface area contributed by atoms with E-state index in [2.05, 4.69) is 44.7 Å². The maximum absolute atomic E-state index is 4.31. The molecular formula is C11H16S. The maximum atomic E-state index is 4.31. The SMILES string of the molecule is CCC(C)Cc1cccc(S)c1. The number of rotatable bonds is 3. The number of thiol groups is 1. The summed E-state index contributed by atoms with van der Waals surface area (Å²) in [5, 5.41) is 0. The van der Waals surface area contributed by atoms with E-state index in [9.17, 15) is 0 Å². The zero-order chi connectivity index (χ0) is 8.97. The van der Waals surface area contributed by atoms with Crippen molar-refractivity contribution in [3.8, 4) is 0 Å². The van der Waals surface area contributed by atoms with Gasteiger partial charge in [-0.2, -0.15) is 0 Å². The Morgan fingerprint density at radius 1 is 1.42 bits per heavy atom. The van der Waals surface area contributed by atoms with Crippen LogP contribution in [0.2, 0.25) is 0 Å². The summed E-state index contributed by atoms with van der Waals surface area (Å²) in [6, 6.07) is 8.41. The first kappa shape index (κ1) is 9.66. The van der Waals surface area contributed by atoms with E-state index in [0.717, 1.165) is 10.8 Å². The molecule has 0 saturated carbocycles. The lowest BCUT2D eigenvalue weighted by atomic mass is 9.99. The Balaban J connectivity index is 2.63. The molecule has 66 valence electrons. The monoisotopic (exact) mass is 180 g/mol. The van der Waals surface area contributed by atoms with E-state index in [1.54, 1.807) is 0 Å². The Kier molecular flexibility index (Phi) is 3.67. The van der Waals surface area contributed by atoms with E-state index in [-0.39, 0.29) is 0 Å². The highest BCUT2D eigenvalue weighted by atomic mass is 32.1. The molecule has 0 aliphatic rings. The predicted molar refractivity (Wildman–Crippen MR) is 56.9 cm³/mol. The van der Waals surface area contributed by atoms with Gasteiger partial charge in [-0.25, -0.2) is 0 Å². The third-order valence-corrected chi connectivity index (χ3v) is 2.47. The summed E-state index contributed by atoms with van der Waals surface area (Å²) >= 11 is 4.31. The molecule has 0 nitrogen and oxygen atoms in total. The zero-order valence-electron chi connectivity index (χ0n) is 7.75. The van der Waals surface area contributed by atoms with Crippen LogP contribution in [0.15, 0.2) is 29.2 Å². The summed E-state index contributed by atoms with van der Waals surface area (Å²) in [5.41, 5.74) is 1.40. The molecule has 1 atom stereocenters. The van der Waals surface area contributed by atoms with Gasteiger partial charge in [-0.05, 0) is 30.0 Å². The molecule has 0 spiro atoms. The Hall–Kier alpha value is -0.430. The van der Waals surface area contributed by atoms with E-state index in [1.807, 2.05) is 6.07 Å². The fraction of sp³-hybridized carbons (Fsp3) is 0.455. The molecule has 12 heavy (non-hydrogen) atoms. The largest absolute Gasteiger partial charge is 0.143 e. The van der Waals surface area contributed by atoms with Gasteiger partial charge in [-0.15, -0.1) is 12.6 Å². The third-order valence-electron chi connectivity index (χ3n) is 2.19. The number of hydrogen-bond acceptors (Lipinski definition) is 1. The minimum Gasteiger partial charge on any atom is -0.143 e. The molecule has 1 aromatic rings. The fourth-order valence-electron chi connectivity index (χ4n) is 1.23. The van der Waals surface area contributed by atoms with Crippen molar-refractivity contribution in [3.05, 3.63) is 29.8 Å². The smallest absolute Gasteiger partial charge is 0.00427 e. The topological polar surface area (TPSA) is 0 Å².